The molecular weight excluding hydrogens is 1410 g/mol. The third-order valence-corrected chi connectivity index (χ3v) is 17.8. The van der Waals surface area contributed by atoms with E-state index in [2.05, 4.69) is 254 Å². The second-order valence-corrected chi connectivity index (χ2v) is 25.6. The van der Waals surface area contributed by atoms with Crippen LogP contribution in [0.4, 0.5) is 0 Å². The fraction of sp³-hybridized carbons (Fsp3) is 0. The lowest BCUT2D eigenvalue weighted by Gasteiger charge is -2.18. The Balaban J connectivity index is 0.000000131. The van der Waals surface area contributed by atoms with Crippen LogP contribution in [0.25, 0.3) is 98.0 Å². The van der Waals surface area contributed by atoms with Crippen LogP contribution in [0.5, 0.6) is 0 Å². The Labute approximate surface area is 592 Å². The van der Waals surface area contributed by atoms with Crippen LogP contribution in [-0.2, 0) is 0 Å². The van der Waals surface area contributed by atoms with Gasteiger partial charge in [-0.25, -0.2) is 0 Å². The highest BCUT2D eigenvalue weighted by Gasteiger charge is 2.23. The molecule has 0 amide bonds. The predicted octanol–water partition coefficient (Wildman–Crippen LogP) is 22.9. The summed E-state index contributed by atoms with van der Waals surface area (Å²) in [5, 5.41) is 33.9. The van der Waals surface area contributed by atoms with Gasteiger partial charge in [0.15, 0.2) is 0 Å². The number of terminal acetylenes is 1. The van der Waals surface area contributed by atoms with Gasteiger partial charge in [0.25, 0.3) is 0 Å². The molecule has 0 bridgehead atoms. The standard InChI is InChI=1S/C38H24.C24H17BO2.C14H9Br.C8H6.C6H4BrI/c1-2-11-27(12-3-1)21-22-28-13-10-16-31(25-28)37-33-17-6-8-19-35(33)38(36-20-9-7-18-34(36)37)32-24-23-29-14-4-5-15-30(29)26-32;26-25(27)24-21-11-5-3-9-19(21)23(20-10-4-6-12-22(20)24)18-14-13-16-7-1-2-8-17(16)15-18;15-14-8-4-7-13(11-14)10-9-12-5-2-1-3-6-12;1-2-8-6-4-3-5-7-8;7-5-2-1-3-6(8)4-5/h1-20,23-26H;1-15,26-27H;1-8,11H;1,3-7H;1-4H. The summed E-state index contributed by atoms with van der Waals surface area (Å²) in [6, 6.07) is 118. The van der Waals surface area contributed by atoms with Crippen LogP contribution in [-0.4, -0.2) is 17.2 Å². The van der Waals surface area contributed by atoms with Crippen molar-refractivity contribution >= 4 is 132 Å². The van der Waals surface area contributed by atoms with E-state index in [4.69, 9.17) is 6.42 Å². The Morgan fingerprint density at radius 2 is 0.583 bits per heavy atom. The molecule has 96 heavy (non-hydrogen) atoms. The van der Waals surface area contributed by atoms with Gasteiger partial charge in [0.05, 0.1) is 0 Å². The largest absolute Gasteiger partial charge is 0.489 e. The van der Waals surface area contributed by atoms with Gasteiger partial charge in [0.2, 0.25) is 0 Å². The summed E-state index contributed by atoms with van der Waals surface area (Å²) in [6.45, 7) is 0. The van der Waals surface area contributed by atoms with Gasteiger partial charge in [-0.1, -0.05) is 310 Å². The van der Waals surface area contributed by atoms with Gasteiger partial charge in [-0.2, -0.15) is 0 Å². The summed E-state index contributed by atoms with van der Waals surface area (Å²) in [6.07, 6.45) is 5.10. The van der Waals surface area contributed by atoms with Crippen molar-refractivity contribution in [2.45, 2.75) is 0 Å². The van der Waals surface area contributed by atoms with Crippen molar-refractivity contribution in [1.82, 2.24) is 0 Å². The van der Waals surface area contributed by atoms with Gasteiger partial charge in [0, 0.05) is 40.3 Å². The summed E-state index contributed by atoms with van der Waals surface area (Å²) < 4.78 is 3.46. The molecule has 0 saturated heterocycles. The number of halogens is 3. The molecule has 0 radical (unpaired) electrons. The molecule has 0 aliphatic carbocycles. The first kappa shape index (κ1) is 65.5. The molecule has 0 heterocycles. The van der Waals surface area contributed by atoms with Gasteiger partial charge in [-0.3, -0.25) is 0 Å². The molecule has 16 aromatic carbocycles. The molecule has 0 saturated carbocycles. The van der Waals surface area contributed by atoms with E-state index in [9.17, 15) is 10.0 Å². The quantitative estimate of drug-likeness (QED) is 0.0798. The summed E-state index contributed by atoms with van der Waals surface area (Å²) in [5.41, 5.74) is 12.8. The molecular formula is C90H60BBr2IO2. The Bertz CT molecular complexity index is 5460. The maximum atomic E-state index is 10.1. The van der Waals surface area contributed by atoms with E-state index in [0.717, 1.165) is 69.4 Å². The molecule has 0 aliphatic rings. The van der Waals surface area contributed by atoms with E-state index >= 15 is 0 Å². The number of hydrogen-bond donors (Lipinski definition) is 2. The highest BCUT2D eigenvalue weighted by Crippen LogP contribution is 2.44. The van der Waals surface area contributed by atoms with E-state index in [0.29, 0.717) is 5.46 Å². The zero-order chi connectivity index (χ0) is 66.0. The average molecular weight is 1470 g/mol. The Morgan fingerprint density at radius 3 is 0.958 bits per heavy atom. The van der Waals surface area contributed by atoms with Crippen LogP contribution < -0.4 is 5.46 Å². The van der Waals surface area contributed by atoms with Crippen LogP contribution in [0.3, 0.4) is 0 Å². The van der Waals surface area contributed by atoms with Crippen LogP contribution in [0.15, 0.2) is 355 Å². The molecule has 0 atom stereocenters. The second-order valence-electron chi connectivity index (χ2n) is 22.5. The summed E-state index contributed by atoms with van der Waals surface area (Å²) >= 11 is 9.05. The Hall–Kier alpha value is -10.6. The van der Waals surface area contributed by atoms with Gasteiger partial charge in [0.1, 0.15) is 0 Å². The molecule has 0 aromatic heterocycles. The molecule has 0 unspecified atom stereocenters. The van der Waals surface area contributed by atoms with E-state index in [1.54, 1.807) is 0 Å². The molecule has 16 aromatic rings. The van der Waals surface area contributed by atoms with Crippen molar-refractivity contribution in [3.63, 3.8) is 0 Å². The first-order valence-corrected chi connectivity index (χ1v) is 34.0. The predicted molar refractivity (Wildman–Crippen MR) is 424 cm³/mol. The zero-order valence-electron chi connectivity index (χ0n) is 52.1. The van der Waals surface area contributed by atoms with Crippen LogP contribution in [0, 0.1) is 39.6 Å². The minimum absolute atomic E-state index is 0.561. The van der Waals surface area contributed by atoms with E-state index < -0.39 is 7.12 Å². The van der Waals surface area contributed by atoms with Crippen molar-refractivity contribution in [1.29, 1.82) is 0 Å². The number of rotatable bonds is 4. The third-order valence-electron chi connectivity index (χ3n) is 16.2. The van der Waals surface area contributed by atoms with Crippen molar-refractivity contribution in [2.75, 3.05) is 0 Å². The highest BCUT2D eigenvalue weighted by molar-refractivity contribution is 14.1. The third kappa shape index (κ3) is 16.1. The minimum atomic E-state index is -1.52. The zero-order valence-corrected chi connectivity index (χ0v) is 57.4. The molecule has 6 heteroatoms. The number of hydrogen-bond acceptors (Lipinski definition) is 2. The van der Waals surface area contributed by atoms with E-state index in [-0.39, 0.29) is 0 Å². The number of fused-ring (bicyclic) bond motifs is 6. The smallest absolute Gasteiger partial charge is 0.423 e. The van der Waals surface area contributed by atoms with Crippen molar-refractivity contribution in [3.05, 3.63) is 386 Å². The molecule has 0 fully saturated rings. The lowest BCUT2D eigenvalue weighted by Crippen LogP contribution is -2.31. The maximum Gasteiger partial charge on any atom is 0.489 e. The maximum absolute atomic E-state index is 10.1. The average Bonchev–Trinajstić information content (AvgIpc) is 0.747. The fourth-order valence-electron chi connectivity index (χ4n) is 11.8. The normalized spacial score (nSPS) is 10.4. The van der Waals surface area contributed by atoms with Gasteiger partial charge < -0.3 is 10.0 Å². The molecule has 0 aliphatic heterocycles. The van der Waals surface area contributed by atoms with Crippen molar-refractivity contribution in [3.8, 4) is 69.4 Å². The van der Waals surface area contributed by atoms with Crippen LogP contribution in [0.1, 0.15) is 27.8 Å². The lowest BCUT2D eigenvalue weighted by atomic mass is 9.72. The summed E-state index contributed by atoms with van der Waals surface area (Å²) in [7, 11) is -1.52. The summed E-state index contributed by atoms with van der Waals surface area (Å²) in [4.78, 5) is 0. The molecule has 2 N–H and O–H groups in total. The van der Waals surface area contributed by atoms with Gasteiger partial charge in [-0.15, -0.1) is 6.42 Å². The minimum Gasteiger partial charge on any atom is -0.423 e. The molecule has 2 nitrogen and oxygen atoms in total. The van der Waals surface area contributed by atoms with Crippen LogP contribution >= 0.6 is 54.5 Å². The van der Waals surface area contributed by atoms with Gasteiger partial charge in [-0.05, 0) is 223 Å². The highest BCUT2D eigenvalue weighted by atomic mass is 127. The summed E-state index contributed by atoms with van der Waals surface area (Å²) in [5.74, 6) is 15.4. The van der Waals surface area contributed by atoms with Crippen molar-refractivity contribution < 1.29 is 10.0 Å². The topological polar surface area (TPSA) is 40.5 Å². The number of benzene rings is 16. The first-order chi connectivity index (χ1) is 47.1. The molecule has 16 rings (SSSR count). The monoisotopic (exact) mass is 1470 g/mol. The lowest BCUT2D eigenvalue weighted by molar-refractivity contribution is 0.426. The van der Waals surface area contributed by atoms with Crippen LogP contribution in [0.2, 0.25) is 0 Å². The molecule has 0 spiro atoms. The van der Waals surface area contributed by atoms with Gasteiger partial charge >= 0.3 is 7.12 Å². The Morgan fingerprint density at radius 1 is 0.271 bits per heavy atom. The second kappa shape index (κ2) is 32.0. The van der Waals surface area contributed by atoms with E-state index in [1.165, 1.54) is 68.9 Å². The van der Waals surface area contributed by atoms with Crippen molar-refractivity contribution in [2.24, 2.45) is 0 Å². The molecule has 456 valence electrons. The first-order valence-electron chi connectivity index (χ1n) is 31.3. The Kier molecular flexibility index (Phi) is 21.9. The van der Waals surface area contributed by atoms with E-state index in [1.807, 2.05) is 176 Å². The fourth-order valence-corrected chi connectivity index (χ4v) is 13.6. The SMILES string of the molecule is Brc1cccc(C#Cc2ccccc2)c1.Brc1cccc(I)c1.C#Cc1ccccc1.C(#Cc1cccc(-c2c3ccccc3c(-c3ccc4ccccc4c3)c3ccccc23)c1)c1ccccc1.OB(O)c1c2ccccc2c(-c2ccc3ccccc3c2)c2ccccc12.